The molecule has 14 nitrogen and oxygen atoms in total. The number of methoxy groups -OCH3 is 1. The Bertz CT molecular complexity index is 1500. The molecule has 0 spiro atoms. The van der Waals surface area contributed by atoms with Crippen LogP contribution in [0.2, 0.25) is 0 Å². The second kappa shape index (κ2) is 13.3. The third-order valence-corrected chi connectivity index (χ3v) is 8.22. The number of aromatic hydroxyl groups is 2. The van der Waals surface area contributed by atoms with Crippen molar-refractivity contribution in [3.8, 4) is 11.5 Å². The van der Waals surface area contributed by atoms with E-state index in [2.05, 4.69) is 10.1 Å². The first kappa shape index (κ1) is 34.1. The number of ketones is 2. The summed E-state index contributed by atoms with van der Waals surface area (Å²) in [5.74, 6) is -3.14. The van der Waals surface area contributed by atoms with Crippen molar-refractivity contribution in [1.29, 1.82) is 0 Å². The highest BCUT2D eigenvalue weighted by Gasteiger charge is 2.48. The minimum Gasteiger partial charge on any atom is -0.507 e. The summed E-state index contributed by atoms with van der Waals surface area (Å²) in [7, 11) is 1.21. The maximum atomic E-state index is 13.5. The normalized spacial score (nSPS) is 26.9. The minimum atomic E-state index is -1.89. The first-order valence-electron chi connectivity index (χ1n) is 14.1. The lowest BCUT2D eigenvalue weighted by atomic mass is 9.73. The number of phenolic OH excluding ortho intramolecular Hbond substituents is 2. The van der Waals surface area contributed by atoms with Gasteiger partial charge >= 0.3 is 12.1 Å². The Morgan fingerprint density at radius 2 is 1.73 bits per heavy atom. The molecular formula is C30H35ClN2O12. The van der Waals surface area contributed by atoms with Crippen LogP contribution in [0.1, 0.15) is 75.3 Å². The van der Waals surface area contributed by atoms with Gasteiger partial charge in [0.1, 0.15) is 23.7 Å². The van der Waals surface area contributed by atoms with Gasteiger partial charge in [-0.25, -0.2) is 4.79 Å². The number of esters is 1. The predicted octanol–water partition coefficient (Wildman–Crippen LogP) is 1.14. The van der Waals surface area contributed by atoms with E-state index in [1.807, 2.05) is 0 Å². The van der Waals surface area contributed by atoms with Crippen molar-refractivity contribution in [3.05, 3.63) is 57.6 Å². The molecule has 2 aromatic rings. The first-order chi connectivity index (χ1) is 20.8. The zero-order valence-corrected chi connectivity index (χ0v) is 25.3. The van der Waals surface area contributed by atoms with Crippen molar-refractivity contribution in [1.82, 2.24) is 5.32 Å². The predicted molar refractivity (Wildman–Crippen MR) is 156 cm³/mol. The fourth-order valence-electron chi connectivity index (χ4n) is 5.96. The largest absolute Gasteiger partial charge is 0.507 e. The molecule has 5 rings (SSSR count). The van der Waals surface area contributed by atoms with Crippen LogP contribution in [0.15, 0.2) is 24.3 Å². The summed E-state index contributed by atoms with van der Waals surface area (Å²) in [6.45, 7) is 0.906. The van der Waals surface area contributed by atoms with Gasteiger partial charge < -0.3 is 50.4 Å². The second-order valence-electron chi connectivity index (χ2n) is 11.3. The van der Waals surface area contributed by atoms with Gasteiger partial charge in [-0.05, 0) is 6.92 Å². The van der Waals surface area contributed by atoms with Gasteiger partial charge in [-0.15, -0.1) is 12.4 Å². The maximum absolute atomic E-state index is 13.5. The molecule has 7 N–H and O–H groups in total. The number of aliphatic hydroxyl groups is 2. The van der Waals surface area contributed by atoms with Gasteiger partial charge in [0.25, 0.3) is 0 Å². The van der Waals surface area contributed by atoms with Gasteiger partial charge in [-0.1, -0.05) is 24.3 Å². The molecule has 15 heteroatoms. The Hall–Kier alpha value is -3.79. The topological polar surface area (TPSA) is 224 Å². The van der Waals surface area contributed by atoms with Crippen molar-refractivity contribution in [3.63, 3.8) is 0 Å². The molecule has 2 aliphatic carbocycles. The monoisotopic (exact) mass is 650 g/mol. The Morgan fingerprint density at radius 1 is 1.11 bits per heavy atom. The van der Waals surface area contributed by atoms with Crippen LogP contribution in [0.3, 0.4) is 0 Å². The van der Waals surface area contributed by atoms with Gasteiger partial charge in [0.2, 0.25) is 0 Å². The zero-order chi connectivity index (χ0) is 31.9. The summed E-state index contributed by atoms with van der Waals surface area (Å²) in [5.41, 5.74) is 3.34. The molecule has 0 bridgehead atoms. The molecule has 0 unspecified atom stereocenters. The molecule has 2 aromatic carbocycles. The second-order valence-corrected chi connectivity index (χ2v) is 11.3. The lowest BCUT2D eigenvalue weighted by Crippen LogP contribution is -2.52. The molecule has 0 radical (unpaired) electrons. The number of halogens is 1. The average molecular weight is 651 g/mol. The van der Waals surface area contributed by atoms with Crippen LogP contribution in [0.4, 0.5) is 4.79 Å². The first-order valence-corrected chi connectivity index (χ1v) is 14.1. The number of alkyl carbamates (subject to hydrolysis) is 1. The van der Waals surface area contributed by atoms with Crippen LogP contribution in [0.5, 0.6) is 11.5 Å². The highest BCUT2D eigenvalue weighted by Crippen LogP contribution is 2.51. The number of fused-ring (bicyclic) bond motifs is 3. The third-order valence-electron chi connectivity index (χ3n) is 8.22. The van der Waals surface area contributed by atoms with E-state index in [1.165, 1.54) is 19.2 Å². The van der Waals surface area contributed by atoms with Gasteiger partial charge in [-0.3, -0.25) is 14.4 Å². The van der Waals surface area contributed by atoms with Crippen LogP contribution in [0, 0.1) is 0 Å². The number of aliphatic hydroxyl groups excluding tert-OH is 1. The molecule has 6 atom stereocenters. The molecule has 1 heterocycles. The molecule has 1 amide bonds. The van der Waals surface area contributed by atoms with Crippen LogP contribution in [-0.4, -0.2) is 94.5 Å². The number of benzene rings is 2. The summed E-state index contributed by atoms with van der Waals surface area (Å²) in [6, 6.07) is 5.29. The molecule has 0 aromatic heterocycles. The molecule has 1 fully saturated rings. The number of ether oxygens (including phenoxy) is 4. The number of nitrogens with one attached hydrogen (secondary N) is 1. The summed E-state index contributed by atoms with van der Waals surface area (Å²) in [6.07, 6.45) is -5.66. The summed E-state index contributed by atoms with van der Waals surface area (Å²) in [4.78, 5) is 50.6. The van der Waals surface area contributed by atoms with Gasteiger partial charge in [0, 0.05) is 54.1 Å². The van der Waals surface area contributed by atoms with Crippen LogP contribution in [-0.2, 0) is 30.2 Å². The van der Waals surface area contributed by atoms with E-state index in [-0.39, 0.29) is 60.5 Å². The molecule has 1 saturated heterocycles. The molecule has 1 aliphatic heterocycles. The van der Waals surface area contributed by atoms with E-state index < -0.39 is 95.5 Å². The zero-order valence-electron chi connectivity index (χ0n) is 24.5. The van der Waals surface area contributed by atoms with E-state index in [4.69, 9.17) is 19.9 Å². The Labute approximate surface area is 263 Å². The van der Waals surface area contributed by atoms with E-state index in [0.717, 1.165) is 0 Å². The van der Waals surface area contributed by atoms with Crippen LogP contribution < -0.4 is 11.1 Å². The third kappa shape index (κ3) is 6.48. The maximum Gasteiger partial charge on any atom is 0.407 e. The quantitative estimate of drug-likeness (QED) is 0.156. The summed E-state index contributed by atoms with van der Waals surface area (Å²) < 4.78 is 21.7. The van der Waals surface area contributed by atoms with Crippen molar-refractivity contribution in [2.24, 2.45) is 5.73 Å². The van der Waals surface area contributed by atoms with Gasteiger partial charge in [0.15, 0.2) is 17.9 Å². The molecule has 0 saturated carbocycles. The molecule has 45 heavy (non-hydrogen) atoms. The Kier molecular flexibility index (Phi) is 10.1. The molecule has 244 valence electrons. The van der Waals surface area contributed by atoms with E-state index in [1.54, 1.807) is 19.1 Å². The number of amides is 1. The Morgan fingerprint density at radius 3 is 2.33 bits per heavy atom. The van der Waals surface area contributed by atoms with E-state index in [0.29, 0.717) is 0 Å². The van der Waals surface area contributed by atoms with E-state index in [9.17, 15) is 39.6 Å². The van der Waals surface area contributed by atoms with Crippen LogP contribution in [0.25, 0.3) is 0 Å². The number of carbonyl (C=O) groups excluding carboxylic acids is 4. The minimum absolute atomic E-state index is 0. The van der Waals surface area contributed by atoms with Crippen LogP contribution >= 0.6 is 12.4 Å². The molecule has 3 aliphatic rings. The SMILES string of the molecule is COC(=O)CCNC(=O)OC[C@]1(O)Cc2c(O)c3c(c(O)c2[C@@H](O[C@H]2C[C@H](N)[C@H](O)[C@H](C)O2)C1)C(=O)c1ccccc1C3=O.Cl. The van der Waals surface area contributed by atoms with Crippen molar-refractivity contribution >= 4 is 36.0 Å². The number of rotatable bonds is 7. The fourth-order valence-corrected chi connectivity index (χ4v) is 5.96. The summed E-state index contributed by atoms with van der Waals surface area (Å²) >= 11 is 0. The standard InChI is InChI=1S/C30H34N2O12.ClH/c1-13-24(34)17(31)9-20(43-13)44-18-11-30(40,12-42-29(39)32-8-7-19(33)41-2)10-16-21(18)28(38)23-22(27(16)37)25(35)14-5-3-4-6-15(14)26(23)36;/h3-6,13,17-18,20,24,34,37-38,40H,7-12,31H2,1-2H3,(H,32,39);1H/t13-,17-,18-,20-,24+,30-;/m0./s1. The van der Waals surface area contributed by atoms with E-state index >= 15 is 0 Å². The van der Waals surface area contributed by atoms with Gasteiger partial charge in [-0.2, -0.15) is 0 Å². The highest BCUT2D eigenvalue weighted by molar-refractivity contribution is 6.30. The summed E-state index contributed by atoms with van der Waals surface area (Å²) in [5, 5.41) is 47.2. The van der Waals surface area contributed by atoms with Crippen molar-refractivity contribution < 1.29 is 58.6 Å². The highest BCUT2D eigenvalue weighted by atomic mass is 35.5. The van der Waals surface area contributed by atoms with Crippen molar-refractivity contribution in [2.75, 3.05) is 20.3 Å². The number of phenols is 2. The molecular weight excluding hydrogens is 616 g/mol. The van der Waals surface area contributed by atoms with Crippen molar-refractivity contribution in [2.45, 2.75) is 68.9 Å². The Balaban J connectivity index is 0.00000461. The fraction of sp³-hybridized carbons (Fsp3) is 0.467. The number of hydrogen-bond acceptors (Lipinski definition) is 13. The lowest BCUT2D eigenvalue weighted by Gasteiger charge is -2.42. The van der Waals surface area contributed by atoms with Gasteiger partial charge in [0.05, 0.1) is 43.0 Å². The lowest BCUT2D eigenvalue weighted by molar-refractivity contribution is -0.248. The average Bonchev–Trinajstić information content (AvgIpc) is 2.99. The number of carbonyl (C=O) groups is 4. The number of nitrogens with two attached hydrogens (primary N) is 1. The number of hydrogen-bond donors (Lipinski definition) is 6. The smallest absolute Gasteiger partial charge is 0.407 e.